The molecule has 106 valence electrons. The molecule has 19 heavy (non-hydrogen) atoms. The molecule has 5 heteroatoms. The Labute approximate surface area is 123 Å². The van der Waals surface area contributed by atoms with Crippen molar-refractivity contribution in [2.45, 2.75) is 46.1 Å². The Balaban J connectivity index is 2.11. The molecule has 0 aliphatic carbocycles. The Morgan fingerprint density at radius 3 is 2.74 bits per heavy atom. The summed E-state index contributed by atoms with van der Waals surface area (Å²) in [7, 11) is 1.93. The van der Waals surface area contributed by atoms with Gasteiger partial charge in [-0.3, -0.25) is 9.48 Å². The van der Waals surface area contributed by atoms with Crippen molar-refractivity contribution in [3.8, 4) is 0 Å². The Bertz CT molecular complexity index is 470. The number of aryl methyl sites for hydroxylation is 2. The lowest BCUT2D eigenvalue weighted by atomic mass is 9.98. The number of halogens is 1. The molecule has 1 atom stereocenters. The molecule has 0 radical (unpaired) electrons. The second-order valence-electron chi connectivity index (χ2n) is 5.39. The maximum atomic E-state index is 12.2. The van der Waals surface area contributed by atoms with Crippen molar-refractivity contribution in [2.24, 2.45) is 13.0 Å². The molecule has 0 bridgehead atoms. The van der Waals surface area contributed by atoms with Gasteiger partial charge in [0.2, 0.25) is 5.91 Å². The zero-order valence-corrected chi connectivity index (χ0v) is 13.5. The third kappa shape index (κ3) is 3.19. The summed E-state index contributed by atoms with van der Waals surface area (Å²) < 4.78 is 2.90. The largest absolute Gasteiger partial charge is 0.337 e. The average Bonchev–Trinajstić information content (AvgIpc) is 2.55. The lowest BCUT2D eigenvalue weighted by molar-refractivity contribution is -0.131. The molecular formula is C14H22BrN3O. The van der Waals surface area contributed by atoms with Gasteiger partial charge in [0.15, 0.2) is 0 Å². The topological polar surface area (TPSA) is 38.1 Å². The second-order valence-corrected chi connectivity index (χ2v) is 6.18. The smallest absolute Gasteiger partial charge is 0.222 e. The van der Waals surface area contributed by atoms with Crippen molar-refractivity contribution < 1.29 is 4.79 Å². The van der Waals surface area contributed by atoms with Crippen molar-refractivity contribution >= 4 is 21.8 Å². The zero-order valence-electron chi connectivity index (χ0n) is 11.9. The number of aromatic nitrogens is 2. The molecule has 0 N–H and O–H groups in total. The van der Waals surface area contributed by atoms with E-state index < -0.39 is 0 Å². The summed E-state index contributed by atoms with van der Waals surface area (Å²) in [4.78, 5) is 14.2. The first-order valence-corrected chi connectivity index (χ1v) is 7.78. The van der Waals surface area contributed by atoms with E-state index in [9.17, 15) is 4.79 Å². The van der Waals surface area contributed by atoms with Crippen LogP contribution in [0.25, 0.3) is 0 Å². The van der Waals surface area contributed by atoms with Gasteiger partial charge in [0, 0.05) is 20.0 Å². The molecule has 0 spiro atoms. The van der Waals surface area contributed by atoms with Crippen LogP contribution >= 0.6 is 15.9 Å². The van der Waals surface area contributed by atoms with Crippen molar-refractivity contribution in [3.63, 3.8) is 0 Å². The molecule has 1 saturated heterocycles. The van der Waals surface area contributed by atoms with E-state index in [1.807, 2.05) is 23.6 Å². The van der Waals surface area contributed by atoms with Gasteiger partial charge in [-0.15, -0.1) is 0 Å². The Morgan fingerprint density at radius 2 is 2.16 bits per heavy atom. The highest BCUT2D eigenvalue weighted by atomic mass is 79.9. The van der Waals surface area contributed by atoms with Crippen LogP contribution in [0.5, 0.6) is 0 Å². The lowest BCUT2D eigenvalue weighted by Gasteiger charge is -2.21. The highest BCUT2D eigenvalue weighted by Crippen LogP contribution is 2.25. The number of carbonyl (C=O) groups is 1. The third-order valence-corrected chi connectivity index (χ3v) is 5.14. The van der Waals surface area contributed by atoms with Crippen LogP contribution in [0.4, 0.5) is 0 Å². The first kappa shape index (κ1) is 14.6. The Morgan fingerprint density at radius 1 is 1.42 bits per heavy atom. The first-order valence-electron chi connectivity index (χ1n) is 6.98. The van der Waals surface area contributed by atoms with E-state index in [0.717, 1.165) is 35.2 Å². The van der Waals surface area contributed by atoms with E-state index >= 15 is 0 Å². The zero-order chi connectivity index (χ0) is 14.0. The highest BCUT2D eigenvalue weighted by Gasteiger charge is 2.23. The second kappa shape index (κ2) is 6.07. The summed E-state index contributed by atoms with van der Waals surface area (Å²) in [6, 6.07) is 0. The van der Waals surface area contributed by atoms with Crippen LogP contribution in [0, 0.1) is 12.8 Å². The number of hydrogen-bond donors (Lipinski definition) is 0. The van der Waals surface area contributed by atoms with Crippen LogP contribution in [-0.2, 0) is 18.4 Å². The molecule has 1 aromatic rings. The summed E-state index contributed by atoms with van der Waals surface area (Å²) in [5.41, 5.74) is 2.06. The minimum Gasteiger partial charge on any atom is -0.337 e. The number of rotatable bonds is 3. The number of amides is 1. The Kier molecular flexibility index (Phi) is 4.66. The summed E-state index contributed by atoms with van der Waals surface area (Å²) >= 11 is 3.57. The molecule has 2 rings (SSSR count). The predicted octanol–water partition coefficient (Wildman–Crippen LogP) is 3.03. The third-order valence-electron chi connectivity index (χ3n) is 4.11. The van der Waals surface area contributed by atoms with E-state index in [0.29, 0.717) is 18.9 Å². The normalized spacial score (nSPS) is 20.7. The summed E-state index contributed by atoms with van der Waals surface area (Å²) in [5, 5.41) is 4.39. The van der Waals surface area contributed by atoms with Crippen LogP contribution in [0.1, 0.15) is 44.0 Å². The van der Waals surface area contributed by atoms with Crippen molar-refractivity contribution in [1.29, 1.82) is 0 Å². The van der Waals surface area contributed by atoms with Gasteiger partial charge in [-0.05, 0) is 41.6 Å². The highest BCUT2D eigenvalue weighted by molar-refractivity contribution is 9.10. The van der Waals surface area contributed by atoms with E-state index in [-0.39, 0.29) is 5.91 Å². The molecule has 1 unspecified atom stereocenters. The van der Waals surface area contributed by atoms with Gasteiger partial charge >= 0.3 is 0 Å². The van der Waals surface area contributed by atoms with Gasteiger partial charge in [0.05, 0.1) is 22.4 Å². The number of nitrogens with zero attached hydrogens (tertiary/aromatic N) is 3. The monoisotopic (exact) mass is 327 g/mol. The summed E-state index contributed by atoms with van der Waals surface area (Å²) in [5.74, 6) is 0.979. The average molecular weight is 328 g/mol. The molecule has 1 aromatic heterocycles. The van der Waals surface area contributed by atoms with Crippen LogP contribution in [-0.4, -0.2) is 27.1 Å². The van der Waals surface area contributed by atoms with Gasteiger partial charge in [0.25, 0.3) is 0 Å². The minimum atomic E-state index is 0.279. The van der Waals surface area contributed by atoms with E-state index in [2.05, 4.69) is 28.0 Å². The molecule has 1 amide bonds. The molecule has 1 aliphatic rings. The van der Waals surface area contributed by atoms with Crippen molar-refractivity contribution in [1.82, 2.24) is 14.7 Å². The molecule has 4 nitrogen and oxygen atoms in total. The number of likely N-dealkylation sites (tertiary alicyclic amines) is 1. The van der Waals surface area contributed by atoms with Crippen LogP contribution in [0.15, 0.2) is 4.47 Å². The molecule has 1 aliphatic heterocycles. The SMILES string of the molecule is CCC1CCC(=O)N(Cc2c(Br)c(C)nn2C)CC1. The maximum absolute atomic E-state index is 12.2. The fraction of sp³-hybridized carbons (Fsp3) is 0.714. The maximum Gasteiger partial charge on any atom is 0.222 e. The standard InChI is InChI=1S/C14H22BrN3O/c1-4-11-5-6-13(19)18(8-7-11)9-12-14(15)10(2)16-17(12)3/h11H,4-9H2,1-3H3. The van der Waals surface area contributed by atoms with Gasteiger partial charge in [-0.2, -0.15) is 5.10 Å². The van der Waals surface area contributed by atoms with E-state index in [1.165, 1.54) is 6.42 Å². The van der Waals surface area contributed by atoms with Crippen molar-refractivity contribution in [2.75, 3.05) is 6.54 Å². The van der Waals surface area contributed by atoms with Gasteiger partial charge in [0.1, 0.15) is 0 Å². The summed E-state index contributed by atoms with van der Waals surface area (Å²) in [6.07, 6.45) is 4.02. The number of carbonyl (C=O) groups excluding carboxylic acids is 1. The fourth-order valence-electron chi connectivity index (χ4n) is 2.70. The van der Waals surface area contributed by atoms with Gasteiger partial charge in [-0.1, -0.05) is 13.3 Å². The first-order chi connectivity index (χ1) is 9.02. The minimum absolute atomic E-state index is 0.279. The van der Waals surface area contributed by atoms with E-state index in [4.69, 9.17) is 0 Å². The van der Waals surface area contributed by atoms with Crippen molar-refractivity contribution in [3.05, 3.63) is 15.9 Å². The van der Waals surface area contributed by atoms with Crippen LogP contribution in [0.2, 0.25) is 0 Å². The lowest BCUT2D eigenvalue weighted by Crippen LogP contribution is -2.30. The van der Waals surface area contributed by atoms with Gasteiger partial charge in [-0.25, -0.2) is 0 Å². The molecular weight excluding hydrogens is 306 g/mol. The van der Waals surface area contributed by atoms with Gasteiger partial charge < -0.3 is 4.90 Å². The number of hydrogen-bond acceptors (Lipinski definition) is 2. The quantitative estimate of drug-likeness (QED) is 0.855. The molecule has 2 heterocycles. The predicted molar refractivity (Wildman–Crippen MR) is 78.7 cm³/mol. The Hall–Kier alpha value is -0.840. The van der Waals surface area contributed by atoms with Crippen LogP contribution in [0.3, 0.4) is 0 Å². The van der Waals surface area contributed by atoms with E-state index in [1.54, 1.807) is 0 Å². The summed E-state index contributed by atoms with van der Waals surface area (Å²) in [6.45, 7) is 5.72. The molecule has 0 aromatic carbocycles. The molecule has 1 fully saturated rings. The fourth-order valence-corrected chi connectivity index (χ4v) is 3.16. The van der Waals surface area contributed by atoms with Crippen LogP contribution < -0.4 is 0 Å². The molecule has 0 saturated carbocycles.